The summed E-state index contributed by atoms with van der Waals surface area (Å²) in [5.74, 6) is 0.0524. The van der Waals surface area contributed by atoms with E-state index in [9.17, 15) is 22.0 Å². The van der Waals surface area contributed by atoms with Gasteiger partial charge >= 0.3 is 0 Å². The zero-order valence-electron chi connectivity index (χ0n) is 23.5. The fourth-order valence-corrected chi connectivity index (χ4v) is 9.83. The Morgan fingerprint density at radius 2 is 1.76 bits per heavy atom. The van der Waals surface area contributed by atoms with Gasteiger partial charge < -0.3 is 9.64 Å². The first-order valence-corrected chi connectivity index (χ1v) is 16.5. The van der Waals surface area contributed by atoms with Gasteiger partial charge in [0.25, 0.3) is 0 Å². The summed E-state index contributed by atoms with van der Waals surface area (Å²) < 4.78 is 61.8. The molecule has 3 aliphatic rings. The van der Waals surface area contributed by atoms with Crippen molar-refractivity contribution in [2.45, 2.75) is 74.2 Å². The van der Waals surface area contributed by atoms with Crippen molar-refractivity contribution in [3.63, 3.8) is 0 Å². The van der Waals surface area contributed by atoms with Gasteiger partial charge in [0.05, 0.1) is 16.0 Å². The maximum Gasteiger partial charge on any atom is 0.225 e. The summed E-state index contributed by atoms with van der Waals surface area (Å²) in [6.45, 7) is 2.48. The number of benzene rings is 3. The lowest BCUT2D eigenvalue weighted by Gasteiger charge is -2.43. The van der Waals surface area contributed by atoms with E-state index in [1.165, 1.54) is 24.3 Å². The average molecular weight is 614 g/mol. The molecule has 2 aliphatic carbocycles. The van der Waals surface area contributed by atoms with Crippen LogP contribution >= 0.6 is 11.6 Å². The number of rotatable bonds is 6. The van der Waals surface area contributed by atoms with Gasteiger partial charge in [0, 0.05) is 18.0 Å². The van der Waals surface area contributed by atoms with E-state index >= 15 is 0 Å². The van der Waals surface area contributed by atoms with Gasteiger partial charge in [-0.15, -0.1) is 0 Å². The molecule has 0 N–H and O–H groups in total. The Morgan fingerprint density at radius 1 is 1.02 bits per heavy atom. The molecule has 42 heavy (non-hydrogen) atoms. The molecule has 6 rings (SSSR count). The second-order valence-electron chi connectivity index (χ2n) is 11.9. The molecule has 0 unspecified atom stereocenters. The van der Waals surface area contributed by atoms with Crippen molar-refractivity contribution in [1.82, 2.24) is 4.90 Å². The predicted octanol–water partition coefficient (Wildman–Crippen LogP) is 7.24. The van der Waals surface area contributed by atoms with Crippen LogP contribution in [0.15, 0.2) is 65.6 Å². The van der Waals surface area contributed by atoms with Crippen molar-refractivity contribution in [3.05, 3.63) is 94.0 Å². The summed E-state index contributed by atoms with van der Waals surface area (Å²) in [5.41, 5.74) is 1.70. The van der Waals surface area contributed by atoms with E-state index in [0.29, 0.717) is 36.6 Å². The molecule has 3 aromatic carbocycles. The molecule has 1 aliphatic heterocycles. The van der Waals surface area contributed by atoms with Crippen molar-refractivity contribution >= 4 is 27.3 Å². The molecule has 2 atom stereocenters. The Kier molecular flexibility index (Phi) is 7.81. The third-order valence-electron chi connectivity index (χ3n) is 9.55. The molecule has 0 spiro atoms. The lowest BCUT2D eigenvalue weighted by Crippen LogP contribution is -2.53. The summed E-state index contributed by atoms with van der Waals surface area (Å²) in [5, 5.41) is 0.267. The monoisotopic (exact) mass is 613 g/mol. The van der Waals surface area contributed by atoms with Crippen LogP contribution in [-0.2, 0) is 32.4 Å². The number of amides is 1. The number of ether oxygens (including phenoxy) is 1. The molecular formula is C33H34ClF2NO4S. The van der Waals surface area contributed by atoms with E-state index in [-0.39, 0.29) is 40.3 Å². The number of nitrogens with zero attached hydrogens (tertiary/aromatic N) is 1. The molecule has 1 amide bonds. The van der Waals surface area contributed by atoms with E-state index in [4.69, 9.17) is 16.3 Å². The first-order chi connectivity index (χ1) is 20.1. The van der Waals surface area contributed by atoms with E-state index in [2.05, 4.69) is 6.92 Å². The van der Waals surface area contributed by atoms with Crippen LogP contribution < -0.4 is 4.74 Å². The molecule has 222 valence electrons. The topological polar surface area (TPSA) is 63.7 Å². The van der Waals surface area contributed by atoms with Gasteiger partial charge in [-0.2, -0.15) is 0 Å². The number of carbonyl (C=O) groups excluding carboxylic acids is 1. The average Bonchev–Trinajstić information content (AvgIpc) is 3.39. The molecule has 1 heterocycles. The first kappa shape index (κ1) is 29.1. The van der Waals surface area contributed by atoms with Gasteiger partial charge in [0.1, 0.15) is 28.7 Å². The normalized spacial score (nSPS) is 25.5. The minimum atomic E-state index is -4.04. The summed E-state index contributed by atoms with van der Waals surface area (Å²) in [6.07, 6.45) is 4.93. The Bertz CT molecular complexity index is 1580. The Hall–Kier alpha value is -2.97. The molecule has 9 heteroatoms. The highest BCUT2D eigenvalue weighted by Crippen LogP contribution is 2.53. The van der Waals surface area contributed by atoms with Gasteiger partial charge in [0.2, 0.25) is 5.91 Å². The van der Waals surface area contributed by atoms with Crippen LogP contribution in [0.5, 0.6) is 5.75 Å². The Labute approximate surface area is 250 Å². The van der Waals surface area contributed by atoms with Gasteiger partial charge in [-0.1, -0.05) is 30.7 Å². The number of likely N-dealkylation sites (tertiary alicyclic amines) is 1. The number of hydrogen-bond donors (Lipinski definition) is 0. The molecule has 1 saturated carbocycles. The zero-order valence-corrected chi connectivity index (χ0v) is 25.1. The minimum absolute atomic E-state index is 0.0389. The van der Waals surface area contributed by atoms with E-state index in [1.54, 1.807) is 18.2 Å². The lowest BCUT2D eigenvalue weighted by molar-refractivity contribution is -0.138. The number of halogens is 3. The van der Waals surface area contributed by atoms with Crippen molar-refractivity contribution in [3.8, 4) is 5.75 Å². The summed E-state index contributed by atoms with van der Waals surface area (Å²) in [7, 11) is -4.04. The first-order valence-electron chi connectivity index (χ1n) is 14.6. The fourth-order valence-electron chi connectivity index (χ4n) is 7.25. The SMILES string of the molecule is C[C@H]1CC[C@H](C(=O)N2CC[C@@]3(S(=O)(=O)c4ccc(F)cc4)c4ccc(OCc5c(F)cccc5Cl)cc4CC[C@@H]23)CC1. The van der Waals surface area contributed by atoms with Crippen LogP contribution in [0.2, 0.25) is 5.02 Å². The van der Waals surface area contributed by atoms with E-state index < -0.39 is 32.3 Å². The van der Waals surface area contributed by atoms with Crippen molar-refractivity contribution in [2.24, 2.45) is 11.8 Å². The second-order valence-corrected chi connectivity index (χ2v) is 14.6. The zero-order chi connectivity index (χ0) is 29.6. The molecule has 5 nitrogen and oxygen atoms in total. The number of aryl methyl sites for hydroxylation is 1. The van der Waals surface area contributed by atoms with Crippen LogP contribution in [0.4, 0.5) is 8.78 Å². The quantitative estimate of drug-likeness (QED) is 0.275. The highest BCUT2D eigenvalue weighted by atomic mass is 35.5. The predicted molar refractivity (Wildman–Crippen MR) is 157 cm³/mol. The molecule has 0 aromatic heterocycles. The number of carbonyl (C=O) groups is 1. The molecule has 0 radical (unpaired) electrons. The number of sulfone groups is 1. The molecular weight excluding hydrogens is 580 g/mol. The largest absolute Gasteiger partial charge is 0.489 e. The Morgan fingerprint density at radius 3 is 2.48 bits per heavy atom. The summed E-state index contributed by atoms with van der Waals surface area (Å²) >= 11 is 6.17. The minimum Gasteiger partial charge on any atom is -0.489 e. The molecule has 2 fully saturated rings. The maximum absolute atomic E-state index is 14.6. The van der Waals surface area contributed by atoms with Crippen LogP contribution in [0, 0.1) is 23.5 Å². The fraction of sp³-hybridized carbons (Fsp3) is 0.424. The highest BCUT2D eigenvalue weighted by Gasteiger charge is 2.61. The standard InChI is InChI=1S/C33H34ClF2NO4S/c1-21-5-7-22(8-6-21)32(38)37-18-17-33(42(39,40)26-13-10-24(35)11-14-26)28-15-12-25(19-23(28)9-16-31(33)37)41-20-27-29(34)3-2-4-30(27)36/h2-4,10-15,19,21-22,31H,5-9,16-18,20H2,1H3/t21-,22-,31-,33-/m1/s1. The lowest BCUT2D eigenvalue weighted by atomic mass is 9.78. The molecule has 3 aromatic rings. The van der Waals surface area contributed by atoms with Crippen LogP contribution in [0.3, 0.4) is 0 Å². The summed E-state index contributed by atoms with van der Waals surface area (Å²) in [6, 6.07) is 14.2. The number of hydrogen-bond acceptors (Lipinski definition) is 4. The highest BCUT2D eigenvalue weighted by molar-refractivity contribution is 7.92. The van der Waals surface area contributed by atoms with Crippen molar-refractivity contribution in [1.29, 1.82) is 0 Å². The maximum atomic E-state index is 14.6. The molecule has 1 saturated heterocycles. The van der Waals surface area contributed by atoms with Crippen LogP contribution in [0.25, 0.3) is 0 Å². The number of fused-ring (bicyclic) bond motifs is 3. The van der Waals surface area contributed by atoms with Crippen LogP contribution in [-0.4, -0.2) is 31.8 Å². The Balaban J connectivity index is 1.37. The van der Waals surface area contributed by atoms with Gasteiger partial charge in [-0.05, 0) is 111 Å². The van der Waals surface area contributed by atoms with Crippen molar-refractivity contribution in [2.75, 3.05) is 6.54 Å². The van der Waals surface area contributed by atoms with E-state index in [1.807, 2.05) is 11.0 Å². The van der Waals surface area contributed by atoms with Crippen molar-refractivity contribution < 1.29 is 26.7 Å². The second kappa shape index (κ2) is 11.3. The van der Waals surface area contributed by atoms with Crippen LogP contribution in [0.1, 0.15) is 62.1 Å². The van der Waals surface area contributed by atoms with Gasteiger partial charge in [-0.3, -0.25) is 4.79 Å². The summed E-state index contributed by atoms with van der Waals surface area (Å²) in [4.78, 5) is 15.7. The van der Waals surface area contributed by atoms with Gasteiger partial charge in [-0.25, -0.2) is 17.2 Å². The van der Waals surface area contributed by atoms with Gasteiger partial charge in [0.15, 0.2) is 9.84 Å². The van der Waals surface area contributed by atoms with E-state index in [0.717, 1.165) is 43.4 Å². The third kappa shape index (κ3) is 4.90. The molecule has 0 bridgehead atoms. The third-order valence-corrected chi connectivity index (χ3v) is 12.5. The smallest absolute Gasteiger partial charge is 0.225 e.